The monoisotopic (exact) mass is 354 g/mol. The van der Waals surface area contributed by atoms with Crippen LogP contribution in [0.4, 0.5) is 5.95 Å². The van der Waals surface area contributed by atoms with E-state index >= 15 is 0 Å². The van der Waals surface area contributed by atoms with Gasteiger partial charge in [-0.2, -0.15) is 0 Å². The number of anilines is 1. The molecule has 1 amide bonds. The van der Waals surface area contributed by atoms with Crippen molar-refractivity contribution >= 4 is 22.9 Å². The Balaban J connectivity index is 1.54. The number of imidazole rings is 1. The van der Waals surface area contributed by atoms with Gasteiger partial charge in [0.05, 0.1) is 23.7 Å². The minimum Gasteiger partial charge on any atom is -0.465 e. The number of nitrogens with one attached hydrogen (secondary N) is 1. The normalized spacial score (nSPS) is 17.2. The number of fused-ring (bicyclic) bond motifs is 1. The molecule has 1 atom stereocenters. The van der Waals surface area contributed by atoms with E-state index in [0.717, 1.165) is 41.5 Å². The average molecular weight is 354 g/mol. The predicted molar refractivity (Wildman–Crippen MR) is 98.2 cm³/mol. The first kappa shape index (κ1) is 16.7. The van der Waals surface area contributed by atoms with Gasteiger partial charge in [-0.3, -0.25) is 4.79 Å². The lowest BCUT2D eigenvalue weighted by Crippen LogP contribution is -2.24. The molecule has 2 N–H and O–H groups in total. The van der Waals surface area contributed by atoms with Gasteiger partial charge < -0.3 is 24.3 Å². The lowest BCUT2D eigenvalue weighted by Gasteiger charge is -2.16. The highest BCUT2D eigenvalue weighted by atomic mass is 16.3. The third kappa shape index (κ3) is 3.06. The molecule has 0 bridgehead atoms. The molecule has 0 saturated carbocycles. The number of rotatable bonds is 4. The van der Waals surface area contributed by atoms with E-state index in [2.05, 4.69) is 15.2 Å². The standard InChI is InChI=1S/C19H22N4O3/c1-12-3-5-15(26-12)10-20-18(25)13-4-6-17-16(9-13)21-19(22(17)2)23-8-7-14(24)11-23/h3-6,9,14,24H,7-8,10-11H2,1-2H3,(H,20,25). The number of benzene rings is 1. The Labute approximate surface area is 151 Å². The van der Waals surface area contributed by atoms with E-state index in [1.807, 2.05) is 36.7 Å². The molecule has 3 aromatic rings. The fourth-order valence-electron chi connectivity index (χ4n) is 3.38. The van der Waals surface area contributed by atoms with Gasteiger partial charge in [0.2, 0.25) is 5.95 Å². The molecule has 136 valence electrons. The number of amides is 1. The molecule has 1 fully saturated rings. The summed E-state index contributed by atoms with van der Waals surface area (Å²) in [6.45, 7) is 3.60. The molecule has 4 rings (SSSR count). The van der Waals surface area contributed by atoms with Crippen LogP contribution in [0, 0.1) is 6.92 Å². The van der Waals surface area contributed by atoms with Crippen LogP contribution in [0.15, 0.2) is 34.7 Å². The van der Waals surface area contributed by atoms with Crippen molar-refractivity contribution in [2.75, 3.05) is 18.0 Å². The molecule has 1 aliphatic rings. The van der Waals surface area contributed by atoms with E-state index < -0.39 is 0 Å². The van der Waals surface area contributed by atoms with Crippen molar-refractivity contribution < 1.29 is 14.3 Å². The van der Waals surface area contributed by atoms with Crippen LogP contribution in [0.1, 0.15) is 28.3 Å². The third-order valence-corrected chi connectivity index (χ3v) is 4.78. The molecule has 7 heteroatoms. The molecule has 1 unspecified atom stereocenters. The molecule has 1 aromatic carbocycles. The summed E-state index contributed by atoms with van der Waals surface area (Å²) in [5, 5.41) is 12.6. The summed E-state index contributed by atoms with van der Waals surface area (Å²) in [6, 6.07) is 9.24. The number of nitrogens with zero attached hydrogens (tertiary/aromatic N) is 3. The van der Waals surface area contributed by atoms with Crippen LogP contribution in [0.25, 0.3) is 11.0 Å². The van der Waals surface area contributed by atoms with Crippen LogP contribution in [0.5, 0.6) is 0 Å². The first-order valence-electron chi connectivity index (χ1n) is 8.74. The zero-order chi connectivity index (χ0) is 18.3. The van der Waals surface area contributed by atoms with Crippen LogP contribution in [0.2, 0.25) is 0 Å². The van der Waals surface area contributed by atoms with Crippen LogP contribution < -0.4 is 10.2 Å². The topological polar surface area (TPSA) is 83.5 Å². The number of aromatic nitrogens is 2. The van der Waals surface area contributed by atoms with E-state index in [1.54, 1.807) is 12.1 Å². The Kier molecular flexibility index (Phi) is 4.16. The molecular formula is C19H22N4O3. The summed E-state index contributed by atoms with van der Waals surface area (Å²) in [5.74, 6) is 2.21. The van der Waals surface area contributed by atoms with Crippen molar-refractivity contribution in [1.82, 2.24) is 14.9 Å². The van der Waals surface area contributed by atoms with Crippen molar-refractivity contribution in [3.63, 3.8) is 0 Å². The molecule has 7 nitrogen and oxygen atoms in total. The quantitative estimate of drug-likeness (QED) is 0.748. The Hall–Kier alpha value is -2.80. The van der Waals surface area contributed by atoms with Crippen LogP contribution in [-0.4, -0.2) is 39.8 Å². The number of carbonyl (C=O) groups is 1. The van der Waals surface area contributed by atoms with Gasteiger partial charge >= 0.3 is 0 Å². The molecule has 0 aliphatic carbocycles. The number of hydrogen-bond acceptors (Lipinski definition) is 5. The molecular weight excluding hydrogens is 332 g/mol. The maximum atomic E-state index is 12.4. The summed E-state index contributed by atoms with van der Waals surface area (Å²) < 4.78 is 7.47. The van der Waals surface area contributed by atoms with Crippen LogP contribution in [0.3, 0.4) is 0 Å². The van der Waals surface area contributed by atoms with Gasteiger partial charge in [0.25, 0.3) is 5.91 Å². The lowest BCUT2D eigenvalue weighted by atomic mass is 10.2. The Morgan fingerprint density at radius 3 is 2.92 bits per heavy atom. The second-order valence-corrected chi connectivity index (χ2v) is 6.76. The van der Waals surface area contributed by atoms with E-state index in [1.165, 1.54) is 0 Å². The van der Waals surface area contributed by atoms with E-state index in [-0.39, 0.29) is 12.0 Å². The van der Waals surface area contributed by atoms with Crippen molar-refractivity contribution in [3.05, 3.63) is 47.4 Å². The zero-order valence-corrected chi connectivity index (χ0v) is 14.9. The molecule has 0 radical (unpaired) electrons. The van der Waals surface area contributed by atoms with Gasteiger partial charge in [0.1, 0.15) is 11.5 Å². The lowest BCUT2D eigenvalue weighted by molar-refractivity contribution is 0.0948. The van der Waals surface area contributed by atoms with Gasteiger partial charge in [0.15, 0.2) is 0 Å². The number of β-amino-alcohol motifs (C(OH)–C–C–N with tert-alkyl or cyclic N) is 1. The predicted octanol–water partition coefficient (Wildman–Crippen LogP) is 1.98. The Morgan fingerprint density at radius 1 is 1.38 bits per heavy atom. The highest BCUT2D eigenvalue weighted by Crippen LogP contribution is 2.25. The first-order chi connectivity index (χ1) is 12.5. The van der Waals surface area contributed by atoms with E-state index in [4.69, 9.17) is 4.42 Å². The molecule has 1 aliphatic heterocycles. The minimum absolute atomic E-state index is 0.162. The highest BCUT2D eigenvalue weighted by Gasteiger charge is 2.24. The van der Waals surface area contributed by atoms with Gasteiger partial charge in [0, 0.05) is 25.7 Å². The Morgan fingerprint density at radius 2 is 2.23 bits per heavy atom. The van der Waals surface area contributed by atoms with Crippen molar-refractivity contribution in [2.24, 2.45) is 7.05 Å². The number of aliphatic hydroxyl groups is 1. The maximum absolute atomic E-state index is 12.4. The summed E-state index contributed by atoms with van der Waals surface area (Å²) in [6.07, 6.45) is 0.449. The zero-order valence-electron chi connectivity index (χ0n) is 14.9. The molecule has 1 saturated heterocycles. The summed E-state index contributed by atoms with van der Waals surface area (Å²) in [5.41, 5.74) is 2.29. The van der Waals surface area contributed by atoms with Crippen molar-refractivity contribution in [3.8, 4) is 0 Å². The molecule has 0 spiro atoms. The summed E-state index contributed by atoms with van der Waals surface area (Å²) >= 11 is 0. The second kappa shape index (κ2) is 6.49. The maximum Gasteiger partial charge on any atom is 0.251 e. The van der Waals surface area contributed by atoms with Crippen molar-refractivity contribution in [1.29, 1.82) is 0 Å². The number of hydrogen-bond donors (Lipinski definition) is 2. The Bertz CT molecular complexity index is 959. The van der Waals surface area contributed by atoms with E-state index in [9.17, 15) is 9.90 Å². The van der Waals surface area contributed by atoms with Crippen LogP contribution in [-0.2, 0) is 13.6 Å². The fourth-order valence-corrected chi connectivity index (χ4v) is 3.38. The number of aliphatic hydroxyl groups excluding tert-OH is 1. The smallest absolute Gasteiger partial charge is 0.251 e. The largest absolute Gasteiger partial charge is 0.465 e. The van der Waals surface area contributed by atoms with E-state index in [0.29, 0.717) is 18.7 Å². The summed E-state index contributed by atoms with van der Waals surface area (Å²) in [4.78, 5) is 19.2. The van der Waals surface area contributed by atoms with Gasteiger partial charge in [-0.25, -0.2) is 4.98 Å². The van der Waals surface area contributed by atoms with Gasteiger partial charge in [-0.05, 0) is 43.7 Å². The highest BCUT2D eigenvalue weighted by molar-refractivity contribution is 5.97. The second-order valence-electron chi connectivity index (χ2n) is 6.76. The van der Waals surface area contributed by atoms with Gasteiger partial charge in [-0.15, -0.1) is 0 Å². The number of furan rings is 1. The minimum atomic E-state index is -0.304. The van der Waals surface area contributed by atoms with Gasteiger partial charge in [-0.1, -0.05) is 0 Å². The van der Waals surface area contributed by atoms with Crippen LogP contribution >= 0.6 is 0 Å². The fraction of sp³-hybridized carbons (Fsp3) is 0.368. The number of aryl methyl sites for hydroxylation is 2. The van der Waals surface area contributed by atoms with Crippen molar-refractivity contribution in [2.45, 2.75) is 26.0 Å². The SMILES string of the molecule is Cc1ccc(CNC(=O)c2ccc3c(c2)nc(N2CCC(O)C2)n3C)o1. The molecule has 26 heavy (non-hydrogen) atoms. The summed E-state index contributed by atoms with van der Waals surface area (Å²) in [7, 11) is 1.95. The number of carbonyl (C=O) groups excluding carboxylic acids is 1. The first-order valence-corrected chi connectivity index (χ1v) is 8.74. The average Bonchev–Trinajstić information content (AvgIpc) is 3.32. The third-order valence-electron chi connectivity index (χ3n) is 4.78. The molecule has 3 heterocycles. The molecule has 2 aromatic heterocycles.